The number of hydrogen-bond acceptors (Lipinski definition) is 5. The first-order valence-corrected chi connectivity index (χ1v) is 7.36. The number of thiazole rings is 1. The Morgan fingerprint density at radius 2 is 2.25 bits per heavy atom. The molecule has 2 aromatic heterocycles. The quantitative estimate of drug-likeness (QED) is 0.904. The molecule has 0 aromatic carbocycles. The maximum absolute atomic E-state index is 12.0. The minimum absolute atomic E-state index is 0.153. The molecule has 7 heteroatoms. The van der Waals surface area contributed by atoms with Gasteiger partial charge in [0.1, 0.15) is 5.82 Å². The molecule has 20 heavy (non-hydrogen) atoms. The van der Waals surface area contributed by atoms with Crippen molar-refractivity contribution in [3.05, 3.63) is 28.2 Å². The van der Waals surface area contributed by atoms with E-state index in [-0.39, 0.29) is 23.1 Å². The lowest BCUT2D eigenvalue weighted by Gasteiger charge is -2.12. The van der Waals surface area contributed by atoms with Crippen molar-refractivity contribution in [2.45, 2.75) is 39.0 Å². The van der Waals surface area contributed by atoms with E-state index < -0.39 is 0 Å². The minimum Gasteiger partial charge on any atom is -0.349 e. The van der Waals surface area contributed by atoms with Crippen LogP contribution >= 0.6 is 11.3 Å². The molecule has 0 bridgehead atoms. The average molecular weight is 293 g/mol. The molecule has 2 rings (SSSR count). The summed E-state index contributed by atoms with van der Waals surface area (Å²) < 4.78 is 0. The molecule has 2 heterocycles. The second-order valence-corrected chi connectivity index (χ2v) is 6.67. The Morgan fingerprint density at radius 3 is 2.80 bits per heavy atom. The van der Waals surface area contributed by atoms with Gasteiger partial charge < -0.3 is 5.32 Å². The first kappa shape index (κ1) is 14.6. The Bertz CT molecular complexity index is 570. The van der Waals surface area contributed by atoms with Gasteiger partial charge in [0, 0.05) is 29.5 Å². The summed E-state index contributed by atoms with van der Waals surface area (Å²) in [6.45, 7) is 8.59. The number of carbonyl (C=O) groups excluding carboxylic acids is 1. The van der Waals surface area contributed by atoms with E-state index in [1.165, 1.54) is 0 Å². The fourth-order valence-corrected chi connectivity index (χ4v) is 2.29. The van der Waals surface area contributed by atoms with Crippen molar-refractivity contribution in [1.82, 2.24) is 25.5 Å². The number of carbonyl (C=O) groups is 1. The lowest BCUT2D eigenvalue weighted by atomic mass is 9.96. The summed E-state index contributed by atoms with van der Waals surface area (Å²) in [5.41, 5.74) is -0.153. The Labute approximate surface area is 122 Å². The van der Waals surface area contributed by atoms with Crippen LogP contribution in [0.5, 0.6) is 0 Å². The van der Waals surface area contributed by atoms with Crippen molar-refractivity contribution < 1.29 is 4.79 Å². The fourth-order valence-electron chi connectivity index (χ4n) is 1.59. The van der Waals surface area contributed by atoms with Crippen LogP contribution in [-0.2, 0) is 5.41 Å². The SMILES string of the molecule is CC(CNC(=O)c1n[nH]c(C(C)(C)C)n1)c1nccs1. The Morgan fingerprint density at radius 1 is 1.50 bits per heavy atom. The summed E-state index contributed by atoms with van der Waals surface area (Å²) in [5, 5.41) is 12.5. The normalized spacial score (nSPS) is 13.2. The van der Waals surface area contributed by atoms with Crippen molar-refractivity contribution in [2.75, 3.05) is 6.54 Å². The number of amides is 1. The Balaban J connectivity index is 1.94. The predicted molar refractivity (Wildman–Crippen MR) is 77.9 cm³/mol. The summed E-state index contributed by atoms with van der Waals surface area (Å²) in [4.78, 5) is 20.4. The molecule has 0 radical (unpaired) electrons. The van der Waals surface area contributed by atoms with Gasteiger partial charge in [0.15, 0.2) is 0 Å². The molecule has 0 saturated carbocycles. The summed E-state index contributed by atoms with van der Waals surface area (Å²) in [7, 11) is 0. The van der Waals surface area contributed by atoms with Crippen LogP contribution in [0.3, 0.4) is 0 Å². The molecule has 2 aromatic rings. The molecule has 0 aliphatic heterocycles. The van der Waals surface area contributed by atoms with Crippen LogP contribution in [-0.4, -0.2) is 32.6 Å². The van der Waals surface area contributed by atoms with Crippen LogP contribution < -0.4 is 5.32 Å². The first-order valence-electron chi connectivity index (χ1n) is 6.48. The van der Waals surface area contributed by atoms with Crippen LogP contribution in [0.2, 0.25) is 0 Å². The van der Waals surface area contributed by atoms with E-state index in [0.717, 1.165) is 5.01 Å². The third kappa shape index (κ3) is 3.41. The van der Waals surface area contributed by atoms with Gasteiger partial charge in [0.2, 0.25) is 5.82 Å². The summed E-state index contributed by atoms with van der Waals surface area (Å²) in [6, 6.07) is 0. The highest BCUT2D eigenvalue weighted by molar-refractivity contribution is 7.09. The molecule has 0 aliphatic rings. The number of aromatic nitrogens is 4. The average Bonchev–Trinajstić information content (AvgIpc) is 3.04. The van der Waals surface area contributed by atoms with Gasteiger partial charge in [-0.25, -0.2) is 9.97 Å². The number of nitrogens with zero attached hydrogens (tertiary/aromatic N) is 3. The monoisotopic (exact) mass is 293 g/mol. The van der Waals surface area contributed by atoms with Gasteiger partial charge in [-0.1, -0.05) is 27.7 Å². The molecule has 0 aliphatic carbocycles. The van der Waals surface area contributed by atoms with E-state index in [4.69, 9.17) is 0 Å². The number of hydrogen-bond donors (Lipinski definition) is 2. The molecular formula is C13H19N5OS. The molecule has 2 N–H and O–H groups in total. The predicted octanol–water partition coefficient (Wildman–Crippen LogP) is 2.09. The van der Waals surface area contributed by atoms with Gasteiger partial charge in [0.05, 0.1) is 5.01 Å². The summed E-state index contributed by atoms with van der Waals surface area (Å²) >= 11 is 1.59. The molecule has 0 saturated heterocycles. The molecule has 0 fully saturated rings. The standard InChI is InChI=1S/C13H19N5OS/c1-8(11-14-5-6-20-11)7-15-10(19)9-16-12(18-17-9)13(2,3)4/h5-6,8H,7H2,1-4H3,(H,15,19)(H,16,17,18). The topological polar surface area (TPSA) is 83.6 Å². The van der Waals surface area contributed by atoms with Crippen LogP contribution in [0.1, 0.15) is 55.1 Å². The molecule has 0 spiro atoms. The fraction of sp³-hybridized carbons (Fsp3) is 0.538. The summed E-state index contributed by atoms with van der Waals surface area (Å²) in [5.74, 6) is 0.803. The lowest BCUT2D eigenvalue weighted by molar-refractivity contribution is 0.0941. The molecule has 1 atom stereocenters. The Kier molecular flexibility index (Phi) is 4.17. The van der Waals surface area contributed by atoms with Crippen LogP contribution in [0, 0.1) is 0 Å². The highest BCUT2D eigenvalue weighted by atomic mass is 32.1. The van der Waals surface area contributed by atoms with Crippen molar-refractivity contribution >= 4 is 17.2 Å². The second kappa shape index (κ2) is 5.70. The van der Waals surface area contributed by atoms with E-state index >= 15 is 0 Å². The van der Waals surface area contributed by atoms with Crippen molar-refractivity contribution in [1.29, 1.82) is 0 Å². The number of H-pyrrole nitrogens is 1. The zero-order valence-corrected chi connectivity index (χ0v) is 12.9. The highest BCUT2D eigenvalue weighted by Gasteiger charge is 2.21. The minimum atomic E-state index is -0.264. The molecule has 6 nitrogen and oxygen atoms in total. The smallest absolute Gasteiger partial charge is 0.290 e. The van der Waals surface area contributed by atoms with E-state index in [1.54, 1.807) is 17.5 Å². The Hall–Kier alpha value is -1.76. The summed E-state index contributed by atoms with van der Waals surface area (Å²) in [6.07, 6.45) is 1.77. The maximum atomic E-state index is 12.0. The molecule has 108 valence electrons. The van der Waals surface area contributed by atoms with Gasteiger partial charge in [-0.15, -0.1) is 16.4 Å². The van der Waals surface area contributed by atoms with Gasteiger partial charge in [0.25, 0.3) is 5.91 Å². The number of aromatic amines is 1. The zero-order chi connectivity index (χ0) is 14.8. The van der Waals surface area contributed by atoms with Crippen LogP contribution in [0.25, 0.3) is 0 Å². The maximum Gasteiger partial charge on any atom is 0.290 e. The largest absolute Gasteiger partial charge is 0.349 e. The third-order valence-electron chi connectivity index (χ3n) is 2.84. The lowest BCUT2D eigenvalue weighted by Crippen LogP contribution is -2.28. The molecular weight excluding hydrogens is 274 g/mol. The van der Waals surface area contributed by atoms with Crippen molar-refractivity contribution in [2.24, 2.45) is 0 Å². The molecule has 1 unspecified atom stereocenters. The van der Waals surface area contributed by atoms with Crippen LogP contribution in [0.15, 0.2) is 11.6 Å². The first-order chi connectivity index (χ1) is 9.38. The highest BCUT2D eigenvalue weighted by Crippen LogP contribution is 2.18. The van der Waals surface area contributed by atoms with E-state index in [2.05, 4.69) is 25.5 Å². The van der Waals surface area contributed by atoms with Crippen LogP contribution in [0.4, 0.5) is 0 Å². The zero-order valence-electron chi connectivity index (χ0n) is 12.1. The second-order valence-electron chi connectivity index (χ2n) is 5.74. The van der Waals surface area contributed by atoms with Gasteiger partial charge in [-0.05, 0) is 0 Å². The van der Waals surface area contributed by atoms with Gasteiger partial charge in [-0.2, -0.15) is 0 Å². The number of nitrogens with one attached hydrogen (secondary N) is 2. The third-order valence-corrected chi connectivity index (χ3v) is 3.85. The van der Waals surface area contributed by atoms with Gasteiger partial charge in [-0.3, -0.25) is 9.89 Å². The van der Waals surface area contributed by atoms with E-state index in [0.29, 0.717) is 12.4 Å². The number of rotatable bonds is 4. The van der Waals surface area contributed by atoms with Gasteiger partial charge >= 0.3 is 0 Å². The van der Waals surface area contributed by atoms with Crippen molar-refractivity contribution in [3.8, 4) is 0 Å². The van der Waals surface area contributed by atoms with Crippen molar-refractivity contribution in [3.63, 3.8) is 0 Å². The molecule has 1 amide bonds. The van der Waals surface area contributed by atoms with E-state index in [1.807, 2.05) is 33.1 Å². The van der Waals surface area contributed by atoms with E-state index in [9.17, 15) is 4.79 Å².